The number of nitrogens with one attached hydrogen (secondary N) is 1. The predicted molar refractivity (Wildman–Crippen MR) is 161 cm³/mol. The molecule has 0 spiro atoms. The Morgan fingerprint density at radius 1 is 0.905 bits per heavy atom. The summed E-state index contributed by atoms with van der Waals surface area (Å²) in [4.78, 5) is 29.2. The quantitative estimate of drug-likeness (QED) is 0.335. The zero-order valence-electron chi connectivity index (χ0n) is 24.8. The Kier molecular flexibility index (Phi) is 10.6. The predicted octanol–water partition coefficient (Wildman–Crippen LogP) is 4.16. The topological polar surface area (TPSA) is 105 Å². The third kappa shape index (κ3) is 8.94. The SMILES string of the molecule is COc1ccc(N(CC(=O)N(Cc2ccc(F)cc2)[C@H](Cc2ccccc2)C(=O)NC(C)(C)C)S(C)(=O)=O)cc1OC. The number of benzene rings is 3. The molecular weight excluding hydrogens is 561 g/mol. The smallest absolute Gasteiger partial charge is 0.244 e. The maximum atomic E-state index is 14.1. The van der Waals surface area contributed by atoms with Gasteiger partial charge in [0.1, 0.15) is 18.4 Å². The van der Waals surface area contributed by atoms with Gasteiger partial charge in [0.2, 0.25) is 21.8 Å². The van der Waals surface area contributed by atoms with E-state index in [1.54, 1.807) is 6.07 Å². The zero-order chi connectivity index (χ0) is 31.1. The van der Waals surface area contributed by atoms with Crippen molar-refractivity contribution >= 4 is 27.5 Å². The van der Waals surface area contributed by atoms with Crippen LogP contribution < -0.4 is 19.1 Å². The lowest BCUT2D eigenvalue weighted by atomic mass is 10.0. The van der Waals surface area contributed by atoms with Crippen LogP contribution in [0.3, 0.4) is 0 Å². The van der Waals surface area contributed by atoms with E-state index < -0.39 is 45.8 Å². The molecule has 0 aliphatic rings. The van der Waals surface area contributed by atoms with E-state index >= 15 is 0 Å². The van der Waals surface area contributed by atoms with Crippen LogP contribution in [0.2, 0.25) is 0 Å². The maximum Gasteiger partial charge on any atom is 0.244 e. The van der Waals surface area contributed by atoms with Gasteiger partial charge in [0.25, 0.3) is 0 Å². The molecule has 0 saturated carbocycles. The van der Waals surface area contributed by atoms with Crippen molar-refractivity contribution in [3.05, 3.63) is 89.7 Å². The number of hydrogen-bond donors (Lipinski definition) is 1. The number of rotatable bonds is 12. The molecule has 1 N–H and O–H groups in total. The molecule has 0 saturated heterocycles. The molecule has 226 valence electrons. The Morgan fingerprint density at radius 2 is 1.52 bits per heavy atom. The number of amides is 2. The molecule has 0 aliphatic heterocycles. The summed E-state index contributed by atoms with van der Waals surface area (Å²) in [5, 5.41) is 2.96. The highest BCUT2D eigenvalue weighted by atomic mass is 32.2. The van der Waals surface area contributed by atoms with E-state index in [1.807, 2.05) is 51.1 Å². The van der Waals surface area contributed by atoms with Crippen LogP contribution in [-0.4, -0.2) is 63.7 Å². The molecule has 0 fully saturated rings. The number of ether oxygens (including phenoxy) is 2. The number of nitrogens with zero attached hydrogens (tertiary/aromatic N) is 2. The summed E-state index contributed by atoms with van der Waals surface area (Å²) in [6, 6.07) is 18.3. The van der Waals surface area contributed by atoms with Crippen molar-refractivity contribution in [3.8, 4) is 11.5 Å². The van der Waals surface area contributed by atoms with Crippen molar-refractivity contribution in [1.82, 2.24) is 10.2 Å². The van der Waals surface area contributed by atoms with Gasteiger partial charge in [-0.1, -0.05) is 42.5 Å². The number of hydrogen-bond acceptors (Lipinski definition) is 6. The maximum absolute atomic E-state index is 14.1. The van der Waals surface area contributed by atoms with E-state index in [0.717, 1.165) is 16.1 Å². The lowest BCUT2D eigenvalue weighted by Crippen LogP contribution is -2.56. The minimum absolute atomic E-state index is 0.0578. The van der Waals surface area contributed by atoms with Crippen LogP contribution in [0.1, 0.15) is 31.9 Å². The summed E-state index contributed by atoms with van der Waals surface area (Å²) in [7, 11) is -1.09. The first kappa shape index (κ1) is 32.4. The Balaban J connectivity index is 2.09. The largest absolute Gasteiger partial charge is 0.493 e. The average Bonchev–Trinajstić information content (AvgIpc) is 2.93. The van der Waals surface area contributed by atoms with Crippen LogP contribution in [0.4, 0.5) is 10.1 Å². The van der Waals surface area contributed by atoms with Gasteiger partial charge in [-0.2, -0.15) is 0 Å². The van der Waals surface area contributed by atoms with Gasteiger partial charge in [0.05, 0.1) is 26.2 Å². The third-order valence-corrected chi connectivity index (χ3v) is 7.51. The van der Waals surface area contributed by atoms with E-state index in [9.17, 15) is 22.4 Å². The van der Waals surface area contributed by atoms with Crippen LogP contribution in [0, 0.1) is 5.82 Å². The second kappa shape index (κ2) is 13.7. The second-order valence-electron chi connectivity index (χ2n) is 10.9. The van der Waals surface area contributed by atoms with Crippen LogP contribution in [0.25, 0.3) is 0 Å². The second-order valence-corrected chi connectivity index (χ2v) is 12.8. The van der Waals surface area contributed by atoms with Gasteiger partial charge in [-0.05, 0) is 56.2 Å². The van der Waals surface area contributed by atoms with Crippen LogP contribution >= 0.6 is 0 Å². The standard InChI is InChI=1S/C31H38FN3O6S/c1-31(2,3)33-30(37)26(18-22-10-8-7-9-11-22)34(20-23-12-14-24(32)15-13-23)29(36)21-35(42(6,38)39)25-16-17-27(40-4)28(19-25)41-5/h7-17,19,26H,18,20-21H2,1-6H3,(H,33,37)/t26-/m1/s1. The molecule has 0 heterocycles. The highest BCUT2D eigenvalue weighted by Crippen LogP contribution is 2.32. The van der Waals surface area contributed by atoms with Crippen molar-refractivity contribution in [3.63, 3.8) is 0 Å². The summed E-state index contributed by atoms with van der Waals surface area (Å²) in [6.07, 6.45) is 1.17. The molecule has 1 atom stereocenters. The van der Waals surface area contributed by atoms with Gasteiger partial charge in [0.15, 0.2) is 11.5 Å². The number of methoxy groups -OCH3 is 2. The molecular formula is C31H38FN3O6S. The van der Waals surface area contributed by atoms with Gasteiger partial charge in [-0.15, -0.1) is 0 Å². The van der Waals surface area contributed by atoms with Crippen molar-refractivity contribution in [1.29, 1.82) is 0 Å². The fraction of sp³-hybridized carbons (Fsp3) is 0.355. The van der Waals surface area contributed by atoms with Crippen molar-refractivity contribution < 1.29 is 31.9 Å². The number of anilines is 1. The number of carbonyl (C=O) groups excluding carboxylic acids is 2. The molecule has 11 heteroatoms. The van der Waals surface area contributed by atoms with Gasteiger partial charge in [0, 0.05) is 24.6 Å². The summed E-state index contributed by atoms with van der Waals surface area (Å²) < 4.78 is 51.2. The highest BCUT2D eigenvalue weighted by Gasteiger charge is 2.34. The van der Waals surface area contributed by atoms with Crippen LogP contribution in [-0.2, 0) is 32.6 Å². The monoisotopic (exact) mass is 599 g/mol. The third-order valence-electron chi connectivity index (χ3n) is 6.37. The van der Waals surface area contributed by atoms with E-state index in [-0.39, 0.29) is 24.4 Å². The molecule has 3 rings (SSSR count). The molecule has 42 heavy (non-hydrogen) atoms. The van der Waals surface area contributed by atoms with Gasteiger partial charge in [-0.25, -0.2) is 12.8 Å². The minimum Gasteiger partial charge on any atom is -0.493 e. The highest BCUT2D eigenvalue weighted by molar-refractivity contribution is 7.92. The van der Waals surface area contributed by atoms with E-state index in [4.69, 9.17) is 9.47 Å². The van der Waals surface area contributed by atoms with Crippen LogP contribution in [0.15, 0.2) is 72.8 Å². The molecule has 9 nitrogen and oxygen atoms in total. The molecule has 0 unspecified atom stereocenters. The lowest BCUT2D eigenvalue weighted by molar-refractivity contribution is -0.140. The number of sulfonamides is 1. The first-order valence-electron chi connectivity index (χ1n) is 13.3. The zero-order valence-corrected chi connectivity index (χ0v) is 25.6. The molecule has 0 aliphatic carbocycles. The minimum atomic E-state index is -3.96. The Morgan fingerprint density at radius 3 is 2.07 bits per heavy atom. The first-order chi connectivity index (χ1) is 19.7. The fourth-order valence-electron chi connectivity index (χ4n) is 4.39. The van der Waals surface area contributed by atoms with Crippen molar-refractivity contribution in [2.45, 2.75) is 45.3 Å². The normalized spacial score (nSPS) is 12.3. The Labute approximate surface area is 247 Å². The average molecular weight is 600 g/mol. The first-order valence-corrected chi connectivity index (χ1v) is 15.2. The number of carbonyl (C=O) groups is 2. The Hall–Kier alpha value is -4.12. The molecule has 0 radical (unpaired) electrons. The van der Waals surface area contributed by atoms with Crippen LogP contribution in [0.5, 0.6) is 11.5 Å². The molecule has 2 amide bonds. The van der Waals surface area contributed by atoms with Gasteiger partial charge in [-0.3, -0.25) is 13.9 Å². The molecule has 0 aromatic heterocycles. The molecule has 3 aromatic rings. The van der Waals surface area contributed by atoms with Gasteiger partial charge >= 0.3 is 0 Å². The summed E-state index contributed by atoms with van der Waals surface area (Å²) >= 11 is 0. The summed E-state index contributed by atoms with van der Waals surface area (Å²) in [5.41, 5.74) is 0.963. The summed E-state index contributed by atoms with van der Waals surface area (Å²) in [6.45, 7) is 4.85. The van der Waals surface area contributed by atoms with E-state index in [2.05, 4.69) is 5.32 Å². The van der Waals surface area contributed by atoms with Gasteiger partial charge < -0.3 is 19.7 Å². The molecule has 0 bridgehead atoms. The van der Waals surface area contributed by atoms with E-state index in [1.165, 1.54) is 55.5 Å². The Bertz CT molecular complexity index is 1470. The van der Waals surface area contributed by atoms with Crippen molar-refractivity contribution in [2.24, 2.45) is 0 Å². The number of halogens is 1. The molecule has 3 aromatic carbocycles. The summed E-state index contributed by atoms with van der Waals surface area (Å²) in [5.74, 6) is -0.797. The lowest BCUT2D eigenvalue weighted by Gasteiger charge is -2.35. The van der Waals surface area contributed by atoms with Crippen molar-refractivity contribution in [2.75, 3.05) is 31.3 Å². The fourth-order valence-corrected chi connectivity index (χ4v) is 5.23. The van der Waals surface area contributed by atoms with E-state index in [0.29, 0.717) is 11.3 Å².